The molecule has 0 radical (unpaired) electrons. The molecule has 1 N–H and O–H groups in total. The lowest BCUT2D eigenvalue weighted by atomic mass is 10.1. The van der Waals surface area contributed by atoms with E-state index in [2.05, 4.69) is 32.2 Å². The van der Waals surface area contributed by atoms with Crippen molar-refractivity contribution in [2.24, 2.45) is 5.92 Å². The van der Waals surface area contributed by atoms with Gasteiger partial charge in [0.25, 0.3) is 5.91 Å². The van der Waals surface area contributed by atoms with E-state index < -0.39 is 0 Å². The van der Waals surface area contributed by atoms with Gasteiger partial charge in [0.05, 0.1) is 5.56 Å². The highest BCUT2D eigenvalue weighted by Gasteiger charge is 2.29. The zero-order chi connectivity index (χ0) is 14.7. The predicted molar refractivity (Wildman–Crippen MR) is 84.2 cm³/mol. The van der Waals surface area contributed by atoms with Crippen LogP contribution < -0.4 is 5.32 Å². The summed E-state index contributed by atoms with van der Waals surface area (Å²) in [5, 5.41) is 3.30. The molecule has 0 unspecified atom stereocenters. The molecule has 20 heavy (non-hydrogen) atoms. The summed E-state index contributed by atoms with van der Waals surface area (Å²) in [6.45, 7) is 10.0. The predicted octanol–water partition coefficient (Wildman–Crippen LogP) is 3.69. The molecular weight excluding hydrogens is 248 g/mol. The van der Waals surface area contributed by atoms with Crippen molar-refractivity contribution in [1.82, 2.24) is 4.90 Å². The molecule has 0 aliphatic heterocycles. The van der Waals surface area contributed by atoms with Gasteiger partial charge >= 0.3 is 0 Å². The Morgan fingerprint density at radius 1 is 1.40 bits per heavy atom. The van der Waals surface area contributed by atoms with E-state index in [1.165, 1.54) is 12.8 Å². The Morgan fingerprint density at radius 3 is 2.65 bits per heavy atom. The molecule has 1 aromatic rings. The van der Waals surface area contributed by atoms with Crippen LogP contribution in [-0.4, -0.2) is 29.9 Å². The van der Waals surface area contributed by atoms with Crippen molar-refractivity contribution in [1.29, 1.82) is 0 Å². The average Bonchev–Trinajstić information content (AvgIpc) is 3.21. The van der Waals surface area contributed by atoms with Crippen LogP contribution in [0.1, 0.15) is 49.5 Å². The summed E-state index contributed by atoms with van der Waals surface area (Å²) in [5.74, 6) is 0.875. The second kappa shape index (κ2) is 6.29. The molecule has 1 aliphatic rings. The Morgan fingerprint density at radius 2 is 2.10 bits per heavy atom. The Labute approximate surface area is 122 Å². The first-order valence-electron chi connectivity index (χ1n) is 7.68. The number of rotatable bonds is 6. The summed E-state index contributed by atoms with van der Waals surface area (Å²) in [6.07, 6.45) is 2.54. The number of hydrogen-bond acceptors (Lipinski definition) is 2. The van der Waals surface area contributed by atoms with Gasteiger partial charge < -0.3 is 10.2 Å². The number of benzene rings is 1. The van der Waals surface area contributed by atoms with Crippen LogP contribution in [0.25, 0.3) is 0 Å². The third kappa shape index (κ3) is 3.53. The minimum atomic E-state index is 0.159. The number of amides is 1. The van der Waals surface area contributed by atoms with Crippen LogP contribution in [0.2, 0.25) is 0 Å². The summed E-state index contributed by atoms with van der Waals surface area (Å²) >= 11 is 0. The summed E-state index contributed by atoms with van der Waals surface area (Å²) in [6, 6.07) is 6.32. The van der Waals surface area contributed by atoms with Crippen LogP contribution in [0, 0.1) is 12.8 Å². The number of carbonyl (C=O) groups is 1. The molecule has 1 aromatic carbocycles. The van der Waals surface area contributed by atoms with Gasteiger partial charge in [-0.05, 0) is 58.6 Å². The Bertz CT molecular complexity index is 478. The molecule has 1 fully saturated rings. The van der Waals surface area contributed by atoms with Crippen LogP contribution in [0.5, 0.6) is 0 Å². The third-order valence-corrected chi connectivity index (χ3v) is 3.81. The highest BCUT2D eigenvalue weighted by molar-refractivity contribution is 6.00. The maximum absolute atomic E-state index is 12.9. The van der Waals surface area contributed by atoms with Crippen molar-refractivity contribution in [2.45, 2.75) is 46.6 Å². The van der Waals surface area contributed by atoms with E-state index in [9.17, 15) is 4.79 Å². The van der Waals surface area contributed by atoms with Crippen molar-refractivity contribution in [3.05, 3.63) is 29.3 Å². The lowest BCUT2D eigenvalue weighted by Crippen LogP contribution is -2.38. The maximum Gasteiger partial charge on any atom is 0.256 e. The highest BCUT2D eigenvalue weighted by Crippen LogP contribution is 2.31. The third-order valence-electron chi connectivity index (χ3n) is 3.81. The summed E-state index contributed by atoms with van der Waals surface area (Å²) in [7, 11) is 0. The quantitative estimate of drug-likeness (QED) is 0.858. The Kier molecular flexibility index (Phi) is 4.69. The minimum absolute atomic E-state index is 0.159. The normalized spacial score (nSPS) is 14.4. The number of anilines is 1. The lowest BCUT2D eigenvalue weighted by Gasteiger charge is -2.28. The Balaban J connectivity index is 2.26. The fraction of sp³-hybridized carbons (Fsp3) is 0.588. The second-order valence-corrected chi connectivity index (χ2v) is 6.07. The van der Waals surface area contributed by atoms with Crippen molar-refractivity contribution < 1.29 is 4.79 Å². The molecule has 2 rings (SSSR count). The highest BCUT2D eigenvalue weighted by atomic mass is 16.2. The molecule has 0 spiro atoms. The molecular formula is C17H26N2O. The first-order chi connectivity index (χ1) is 9.52. The van der Waals surface area contributed by atoms with Gasteiger partial charge in [0.15, 0.2) is 0 Å². The first kappa shape index (κ1) is 14.9. The fourth-order valence-electron chi connectivity index (χ4n) is 2.44. The first-order valence-corrected chi connectivity index (χ1v) is 7.68. The minimum Gasteiger partial charge on any atom is -0.385 e. The molecule has 0 bridgehead atoms. The van der Waals surface area contributed by atoms with Crippen LogP contribution in [0.15, 0.2) is 18.2 Å². The monoisotopic (exact) mass is 274 g/mol. The average molecular weight is 274 g/mol. The van der Waals surface area contributed by atoms with E-state index in [0.29, 0.717) is 5.92 Å². The van der Waals surface area contributed by atoms with E-state index >= 15 is 0 Å². The molecule has 0 aromatic heterocycles. The molecule has 1 saturated carbocycles. The van der Waals surface area contributed by atoms with Gasteiger partial charge in [0.1, 0.15) is 0 Å². The standard InChI is InChI=1S/C17H26N2O/c1-5-18-16-9-6-13(4)10-15(16)17(20)19(12(2)3)11-14-7-8-14/h6,9-10,12,14,18H,5,7-8,11H2,1-4H3. The molecule has 1 amide bonds. The molecule has 3 nitrogen and oxygen atoms in total. The van der Waals surface area contributed by atoms with E-state index in [-0.39, 0.29) is 11.9 Å². The van der Waals surface area contributed by atoms with Crippen molar-refractivity contribution in [3.8, 4) is 0 Å². The van der Waals surface area contributed by atoms with Crippen molar-refractivity contribution in [2.75, 3.05) is 18.4 Å². The van der Waals surface area contributed by atoms with E-state index in [4.69, 9.17) is 0 Å². The van der Waals surface area contributed by atoms with Gasteiger partial charge in [0, 0.05) is 24.8 Å². The van der Waals surface area contributed by atoms with Gasteiger partial charge in [-0.1, -0.05) is 11.6 Å². The molecule has 3 heteroatoms. The van der Waals surface area contributed by atoms with Crippen molar-refractivity contribution >= 4 is 11.6 Å². The smallest absolute Gasteiger partial charge is 0.256 e. The van der Waals surface area contributed by atoms with Gasteiger partial charge in [-0.3, -0.25) is 4.79 Å². The molecule has 1 aliphatic carbocycles. The van der Waals surface area contributed by atoms with Crippen molar-refractivity contribution in [3.63, 3.8) is 0 Å². The van der Waals surface area contributed by atoms with Crippen LogP contribution in [-0.2, 0) is 0 Å². The summed E-state index contributed by atoms with van der Waals surface area (Å²) < 4.78 is 0. The van der Waals surface area contributed by atoms with E-state index in [0.717, 1.165) is 29.9 Å². The zero-order valence-electron chi connectivity index (χ0n) is 13.1. The van der Waals surface area contributed by atoms with Crippen LogP contribution >= 0.6 is 0 Å². The van der Waals surface area contributed by atoms with Gasteiger partial charge in [-0.2, -0.15) is 0 Å². The number of aryl methyl sites for hydroxylation is 1. The lowest BCUT2D eigenvalue weighted by molar-refractivity contribution is 0.0697. The van der Waals surface area contributed by atoms with E-state index in [1.807, 2.05) is 24.0 Å². The van der Waals surface area contributed by atoms with Gasteiger partial charge in [-0.25, -0.2) is 0 Å². The fourth-order valence-corrected chi connectivity index (χ4v) is 2.44. The molecule has 0 heterocycles. The summed E-state index contributed by atoms with van der Waals surface area (Å²) in [5.41, 5.74) is 2.89. The number of carbonyl (C=O) groups excluding carboxylic acids is 1. The summed E-state index contributed by atoms with van der Waals surface area (Å²) in [4.78, 5) is 14.9. The largest absolute Gasteiger partial charge is 0.385 e. The molecule has 0 atom stereocenters. The maximum atomic E-state index is 12.9. The number of nitrogens with one attached hydrogen (secondary N) is 1. The van der Waals surface area contributed by atoms with E-state index in [1.54, 1.807) is 0 Å². The zero-order valence-corrected chi connectivity index (χ0v) is 13.1. The second-order valence-electron chi connectivity index (χ2n) is 6.07. The number of hydrogen-bond donors (Lipinski definition) is 1. The molecule has 110 valence electrons. The Hall–Kier alpha value is -1.51. The van der Waals surface area contributed by atoms with Crippen LogP contribution in [0.4, 0.5) is 5.69 Å². The SMILES string of the molecule is CCNc1ccc(C)cc1C(=O)N(CC1CC1)C(C)C. The number of nitrogens with zero attached hydrogens (tertiary/aromatic N) is 1. The van der Waals surface area contributed by atoms with Gasteiger partial charge in [-0.15, -0.1) is 0 Å². The van der Waals surface area contributed by atoms with Crippen LogP contribution in [0.3, 0.4) is 0 Å². The molecule has 0 saturated heterocycles. The van der Waals surface area contributed by atoms with Gasteiger partial charge in [0.2, 0.25) is 0 Å². The topological polar surface area (TPSA) is 32.3 Å².